The molecule has 1 amide bonds. The summed E-state index contributed by atoms with van der Waals surface area (Å²) in [5.41, 5.74) is -1.06. The van der Waals surface area contributed by atoms with Gasteiger partial charge in [0, 0.05) is 35.9 Å². The first-order valence-corrected chi connectivity index (χ1v) is 16.0. The minimum atomic E-state index is -5.00. The number of aromatic nitrogens is 2. The van der Waals surface area contributed by atoms with Gasteiger partial charge in [0.2, 0.25) is 0 Å². The smallest absolute Gasteiger partial charge is 0.471 e. The fourth-order valence-electron chi connectivity index (χ4n) is 6.63. The Bertz CT molecular complexity index is 1850. The van der Waals surface area contributed by atoms with E-state index in [2.05, 4.69) is 4.98 Å². The second-order valence-electron chi connectivity index (χ2n) is 11.9. The normalized spacial score (nSPS) is 18.4. The number of aryl methyl sites for hydroxylation is 1. The molecule has 0 spiro atoms. The van der Waals surface area contributed by atoms with Crippen molar-refractivity contribution >= 4 is 5.91 Å². The molecule has 1 aromatic heterocycles. The van der Waals surface area contributed by atoms with E-state index in [1.54, 1.807) is 41.7 Å². The minimum Gasteiger partial charge on any atom is -0.496 e. The molecule has 4 aromatic rings. The van der Waals surface area contributed by atoms with E-state index in [4.69, 9.17) is 14.2 Å². The molecule has 4 N–H and O–H groups in total. The molecule has 266 valence electrons. The molecule has 1 fully saturated rings. The van der Waals surface area contributed by atoms with Crippen LogP contribution in [0.1, 0.15) is 47.7 Å². The average Bonchev–Trinajstić information content (AvgIpc) is 3.50. The zero-order valence-corrected chi connectivity index (χ0v) is 27.4. The number of hydrogen-bond acceptors (Lipinski definition) is 8. The van der Waals surface area contributed by atoms with Crippen molar-refractivity contribution in [1.29, 1.82) is 0 Å². The number of halogens is 3. The number of aliphatic hydroxyl groups excluding tert-OH is 2. The van der Waals surface area contributed by atoms with Gasteiger partial charge in [0.25, 0.3) is 5.56 Å². The first kappa shape index (κ1) is 36.4. The number of nitrogens with zero attached hydrogens (tertiary/aromatic N) is 1. The summed E-state index contributed by atoms with van der Waals surface area (Å²) in [6, 6.07) is 23.5. The van der Waals surface area contributed by atoms with Gasteiger partial charge in [-0.25, -0.2) is 4.79 Å². The predicted molar refractivity (Wildman–Crippen MR) is 176 cm³/mol. The van der Waals surface area contributed by atoms with E-state index >= 15 is 0 Å². The van der Waals surface area contributed by atoms with Crippen LogP contribution in [0.3, 0.4) is 0 Å². The fourth-order valence-corrected chi connectivity index (χ4v) is 6.63. The van der Waals surface area contributed by atoms with E-state index in [0.717, 1.165) is 4.57 Å². The quantitative estimate of drug-likeness (QED) is 0.122. The molecule has 1 aliphatic heterocycles. The Morgan fingerprint density at radius 1 is 0.960 bits per heavy atom. The lowest BCUT2D eigenvalue weighted by molar-refractivity contribution is -0.173. The summed E-state index contributed by atoms with van der Waals surface area (Å²) in [4.78, 5) is 39.0. The summed E-state index contributed by atoms with van der Waals surface area (Å²) in [5.74, 6) is -1.15. The van der Waals surface area contributed by atoms with Crippen LogP contribution in [0.4, 0.5) is 13.2 Å². The summed E-state index contributed by atoms with van der Waals surface area (Å²) in [7, 11) is 3.03. The Morgan fingerprint density at radius 2 is 1.54 bits per heavy atom. The van der Waals surface area contributed by atoms with Crippen molar-refractivity contribution in [3.8, 4) is 11.5 Å². The first-order valence-electron chi connectivity index (χ1n) is 16.0. The van der Waals surface area contributed by atoms with E-state index < -0.39 is 53.3 Å². The van der Waals surface area contributed by atoms with Crippen molar-refractivity contribution in [1.82, 2.24) is 14.9 Å². The van der Waals surface area contributed by atoms with Crippen LogP contribution in [-0.4, -0.2) is 70.9 Å². The topological polar surface area (TPSA) is 152 Å². The number of aliphatic hydroxyl groups is 2. The van der Waals surface area contributed by atoms with Crippen LogP contribution in [0.25, 0.3) is 0 Å². The van der Waals surface area contributed by atoms with Gasteiger partial charge in [-0.05, 0) is 37.0 Å². The van der Waals surface area contributed by atoms with Crippen molar-refractivity contribution in [3.05, 3.63) is 128 Å². The minimum absolute atomic E-state index is 0.0809. The number of nitrogens with one attached hydrogen (secondary N) is 2. The third-order valence-corrected chi connectivity index (χ3v) is 8.95. The number of alkyl halides is 3. The number of H-pyrrole nitrogens is 1. The largest absolute Gasteiger partial charge is 0.496 e. The Morgan fingerprint density at radius 3 is 2.12 bits per heavy atom. The second-order valence-corrected chi connectivity index (χ2v) is 11.9. The highest BCUT2D eigenvalue weighted by molar-refractivity contribution is 5.81. The van der Waals surface area contributed by atoms with Crippen molar-refractivity contribution in [3.63, 3.8) is 0 Å². The molecule has 11 nitrogen and oxygen atoms in total. The highest BCUT2D eigenvalue weighted by Crippen LogP contribution is 2.51. The standard InChI is InChI=1S/C36H38F3N3O8/c1-48-27-17-8-6-15-24(27)35(23-13-4-3-5-14-23,25-16-7-9-18-28(25)49-2)31(44)30-26(43)20-29(50-30)42-21-22(32(45)41-34(42)47)12-10-11-19-40-33(46)36(37,38)39/h3-9,13-18,21,26,29-31,43-44H,10-12,19-20H2,1-2H3,(H,40,46)(H,41,45,47)/t26-,29+,30-,31?/m0/s1. The summed E-state index contributed by atoms with van der Waals surface area (Å²) >= 11 is 0. The van der Waals surface area contributed by atoms with Crippen LogP contribution in [0.15, 0.2) is 94.6 Å². The molecular weight excluding hydrogens is 659 g/mol. The Labute approximate surface area is 285 Å². The van der Waals surface area contributed by atoms with Gasteiger partial charge < -0.3 is 29.7 Å². The zero-order valence-electron chi connectivity index (χ0n) is 27.4. The summed E-state index contributed by atoms with van der Waals surface area (Å²) < 4.78 is 56.4. The van der Waals surface area contributed by atoms with E-state index in [1.807, 2.05) is 42.5 Å². The molecule has 1 unspecified atom stereocenters. The van der Waals surface area contributed by atoms with Gasteiger partial charge in [-0.1, -0.05) is 66.7 Å². The van der Waals surface area contributed by atoms with Gasteiger partial charge in [-0.15, -0.1) is 0 Å². The molecule has 50 heavy (non-hydrogen) atoms. The summed E-state index contributed by atoms with van der Waals surface area (Å²) in [5, 5.41) is 26.0. The number of amides is 1. The van der Waals surface area contributed by atoms with E-state index in [9.17, 15) is 37.8 Å². The van der Waals surface area contributed by atoms with Crippen LogP contribution in [0, 0.1) is 0 Å². The van der Waals surface area contributed by atoms with E-state index in [0.29, 0.717) is 28.2 Å². The van der Waals surface area contributed by atoms with Crippen molar-refractivity contribution in [2.45, 2.75) is 61.8 Å². The third-order valence-electron chi connectivity index (χ3n) is 8.95. The first-order chi connectivity index (χ1) is 23.9. The number of hydrogen-bond donors (Lipinski definition) is 4. The maximum Gasteiger partial charge on any atom is 0.471 e. The van der Waals surface area contributed by atoms with Gasteiger partial charge in [-0.3, -0.25) is 19.1 Å². The molecule has 1 aliphatic rings. The zero-order chi connectivity index (χ0) is 36.1. The van der Waals surface area contributed by atoms with E-state index in [-0.39, 0.29) is 37.8 Å². The summed E-state index contributed by atoms with van der Waals surface area (Å²) in [6.07, 6.45) is -8.58. The van der Waals surface area contributed by atoms with Gasteiger partial charge >= 0.3 is 17.8 Å². The molecule has 3 aromatic carbocycles. The summed E-state index contributed by atoms with van der Waals surface area (Å²) in [6.45, 7) is -0.255. The lowest BCUT2D eigenvalue weighted by atomic mass is 9.63. The second kappa shape index (κ2) is 15.3. The maximum atomic E-state index is 13.0. The number of ether oxygens (including phenoxy) is 3. The fraction of sp³-hybridized carbons (Fsp3) is 0.361. The van der Waals surface area contributed by atoms with Gasteiger partial charge in [0.1, 0.15) is 29.9 Å². The van der Waals surface area contributed by atoms with Crippen LogP contribution in [-0.2, 0) is 21.4 Å². The third kappa shape index (κ3) is 7.18. The average molecular weight is 698 g/mol. The van der Waals surface area contributed by atoms with Crippen LogP contribution in [0.2, 0.25) is 0 Å². The maximum absolute atomic E-state index is 13.0. The highest BCUT2D eigenvalue weighted by atomic mass is 19.4. The Hall–Kier alpha value is -4.92. The molecule has 0 radical (unpaired) electrons. The van der Waals surface area contributed by atoms with Crippen molar-refractivity contribution in [2.75, 3.05) is 20.8 Å². The van der Waals surface area contributed by atoms with Crippen molar-refractivity contribution < 1.29 is 42.4 Å². The SMILES string of the molecule is COc1ccccc1C(c1ccccc1)(c1ccccc1OC)C(O)[C@H]1O[C@@H](n2cc(CCCCNC(=O)C(F)(F)F)c(=O)[nH]c2=O)C[C@@H]1O. The van der Waals surface area contributed by atoms with Gasteiger partial charge in [-0.2, -0.15) is 13.2 Å². The lowest BCUT2D eigenvalue weighted by Crippen LogP contribution is -2.51. The van der Waals surface area contributed by atoms with Crippen LogP contribution >= 0.6 is 0 Å². The Kier molecular flexibility index (Phi) is 11.1. The number of methoxy groups -OCH3 is 2. The molecule has 0 aliphatic carbocycles. The highest BCUT2D eigenvalue weighted by Gasteiger charge is 2.54. The number of rotatable bonds is 13. The molecule has 4 atom stereocenters. The molecule has 2 heterocycles. The molecule has 0 bridgehead atoms. The number of benzene rings is 3. The number of unbranched alkanes of at least 4 members (excludes halogenated alkanes) is 1. The van der Waals surface area contributed by atoms with Crippen LogP contribution in [0.5, 0.6) is 11.5 Å². The number of aromatic amines is 1. The predicted octanol–water partition coefficient (Wildman–Crippen LogP) is 3.60. The van der Waals surface area contributed by atoms with Crippen LogP contribution < -0.4 is 26.0 Å². The lowest BCUT2D eigenvalue weighted by Gasteiger charge is -2.43. The number of carbonyl (C=O) groups is 1. The van der Waals surface area contributed by atoms with E-state index in [1.165, 1.54) is 20.4 Å². The molecular formula is C36H38F3N3O8. The van der Waals surface area contributed by atoms with Gasteiger partial charge in [0.05, 0.1) is 25.7 Å². The molecule has 14 heteroatoms. The number of para-hydroxylation sites is 2. The van der Waals surface area contributed by atoms with Crippen molar-refractivity contribution in [2.24, 2.45) is 0 Å². The Balaban J connectivity index is 1.51. The molecule has 0 saturated carbocycles. The van der Waals surface area contributed by atoms with Gasteiger partial charge in [0.15, 0.2) is 0 Å². The monoisotopic (exact) mass is 697 g/mol. The molecule has 1 saturated heterocycles. The molecule has 5 rings (SSSR count). The number of carbonyl (C=O) groups excluding carboxylic acids is 1.